The third kappa shape index (κ3) is 35.6. The summed E-state index contributed by atoms with van der Waals surface area (Å²) >= 11 is 0. The highest BCUT2D eigenvalue weighted by Crippen LogP contribution is 2.22. The predicted molar refractivity (Wildman–Crippen MR) is 246 cm³/mol. The molecule has 0 unspecified atom stereocenters. The Bertz CT molecular complexity index is 807. The Labute approximate surface area is 361 Å². The van der Waals surface area contributed by atoms with Gasteiger partial charge >= 0.3 is 11.9 Å². The molecule has 0 aromatic heterocycles. The molecular formula is C51H99NO6. The van der Waals surface area contributed by atoms with E-state index in [1.807, 2.05) is 0 Å². The lowest BCUT2D eigenvalue weighted by molar-refractivity contribution is -0.145. The molecule has 1 heterocycles. The van der Waals surface area contributed by atoms with Crippen LogP contribution in [0.1, 0.15) is 246 Å². The minimum absolute atomic E-state index is 0.00467. The van der Waals surface area contributed by atoms with Gasteiger partial charge in [-0.15, -0.1) is 0 Å². The summed E-state index contributed by atoms with van der Waals surface area (Å²) in [5, 5.41) is 0. The summed E-state index contributed by atoms with van der Waals surface area (Å²) in [5.74, 6) is 1.45. The van der Waals surface area contributed by atoms with E-state index in [0.29, 0.717) is 32.2 Å². The van der Waals surface area contributed by atoms with E-state index in [2.05, 4.69) is 32.6 Å². The SMILES string of the molecule is CCCCC(CCCC)CCOC(=O)CCCCCCCCCC(CCCCCCCCCC(=O)OCCC(CCCC)CCCC)OCCCCN1CCOCC1. The van der Waals surface area contributed by atoms with Crippen LogP contribution in [0, 0.1) is 11.8 Å². The van der Waals surface area contributed by atoms with Gasteiger partial charge in [0.25, 0.3) is 0 Å². The molecule has 0 aromatic rings. The molecular weight excluding hydrogens is 723 g/mol. The van der Waals surface area contributed by atoms with Gasteiger partial charge in [-0.2, -0.15) is 0 Å². The van der Waals surface area contributed by atoms with Gasteiger partial charge in [-0.25, -0.2) is 0 Å². The molecule has 1 aliphatic heterocycles. The van der Waals surface area contributed by atoms with Crippen molar-refractivity contribution in [2.75, 3.05) is 52.7 Å². The van der Waals surface area contributed by atoms with Gasteiger partial charge in [0.05, 0.1) is 32.5 Å². The number of esters is 2. The van der Waals surface area contributed by atoms with Gasteiger partial charge in [-0.3, -0.25) is 14.5 Å². The molecule has 0 saturated carbocycles. The van der Waals surface area contributed by atoms with E-state index in [1.54, 1.807) is 0 Å². The van der Waals surface area contributed by atoms with Crippen molar-refractivity contribution in [1.82, 2.24) is 4.90 Å². The second kappa shape index (κ2) is 42.5. The second-order valence-electron chi connectivity index (χ2n) is 18.0. The first-order valence-electron chi connectivity index (χ1n) is 25.7. The third-order valence-corrected chi connectivity index (χ3v) is 12.6. The topological polar surface area (TPSA) is 74.3 Å². The van der Waals surface area contributed by atoms with Crippen LogP contribution in [-0.2, 0) is 28.5 Å². The van der Waals surface area contributed by atoms with E-state index in [9.17, 15) is 9.59 Å². The minimum atomic E-state index is 0.00467. The van der Waals surface area contributed by atoms with Crippen molar-refractivity contribution in [2.45, 2.75) is 252 Å². The Kier molecular flexibility index (Phi) is 40.2. The summed E-state index contributed by atoms with van der Waals surface area (Å²) in [6.07, 6.45) is 40.4. The Morgan fingerprint density at radius 1 is 0.448 bits per heavy atom. The van der Waals surface area contributed by atoms with Crippen LogP contribution in [0.5, 0.6) is 0 Å². The maximum atomic E-state index is 12.3. The Morgan fingerprint density at radius 3 is 1.26 bits per heavy atom. The van der Waals surface area contributed by atoms with Crippen LogP contribution in [0.2, 0.25) is 0 Å². The fourth-order valence-electron chi connectivity index (χ4n) is 8.53. The van der Waals surface area contributed by atoms with E-state index in [4.69, 9.17) is 18.9 Å². The van der Waals surface area contributed by atoms with Crippen molar-refractivity contribution in [3.8, 4) is 0 Å². The molecule has 344 valence electrons. The van der Waals surface area contributed by atoms with E-state index < -0.39 is 0 Å². The van der Waals surface area contributed by atoms with E-state index >= 15 is 0 Å². The van der Waals surface area contributed by atoms with Gasteiger partial charge in [0, 0.05) is 32.5 Å². The number of hydrogen-bond acceptors (Lipinski definition) is 7. The van der Waals surface area contributed by atoms with Gasteiger partial charge in [-0.05, 0) is 69.7 Å². The molecule has 1 aliphatic rings. The normalized spacial score (nSPS) is 13.6. The largest absolute Gasteiger partial charge is 0.466 e. The molecule has 0 aromatic carbocycles. The molecule has 0 spiro atoms. The number of unbranched alkanes of at least 4 members (excludes halogenated alkanes) is 17. The Morgan fingerprint density at radius 2 is 0.845 bits per heavy atom. The molecule has 0 aliphatic carbocycles. The van der Waals surface area contributed by atoms with Gasteiger partial charge < -0.3 is 18.9 Å². The fourth-order valence-corrected chi connectivity index (χ4v) is 8.53. The van der Waals surface area contributed by atoms with Gasteiger partial charge in [-0.1, -0.05) is 182 Å². The fraction of sp³-hybridized carbons (Fsp3) is 0.961. The van der Waals surface area contributed by atoms with Crippen LogP contribution in [0.4, 0.5) is 0 Å². The summed E-state index contributed by atoms with van der Waals surface area (Å²) in [4.78, 5) is 27.1. The molecule has 7 heteroatoms. The molecule has 0 atom stereocenters. The highest BCUT2D eigenvalue weighted by molar-refractivity contribution is 5.69. The first kappa shape index (κ1) is 54.8. The standard InChI is InChI=1S/C51H99NO6/c1-5-9-29-47(30-10-6-2)37-43-57-50(53)35-25-21-17-13-15-19-23-33-49(56-42-28-27-39-52-40-45-55-46-41-52)34-24-20-16-14-18-22-26-36-51(54)58-44-38-48(31-11-7-3)32-12-8-4/h47-49H,5-46H2,1-4H3. The van der Waals surface area contributed by atoms with E-state index in [0.717, 1.165) is 96.2 Å². The van der Waals surface area contributed by atoms with Crippen LogP contribution >= 0.6 is 0 Å². The molecule has 58 heavy (non-hydrogen) atoms. The number of ether oxygens (including phenoxy) is 4. The van der Waals surface area contributed by atoms with Gasteiger partial charge in [0.2, 0.25) is 0 Å². The van der Waals surface area contributed by atoms with E-state index in [-0.39, 0.29) is 11.9 Å². The molecule has 1 rings (SSSR count). The molecule has 0 bridgehead atoms. The average molecular weight is 822 g/mol. The molecule has 0 N–H and O–H groups in total. The number of nitrogens with zero attached hydrogens (tertiary/aromatic N) is 1. The van der Waals surface area contributed by atoms with Crippen molar-refractivity contribution < 1.29 is 28.5 Å². The molecule has 0 radical (unpaired) electrons. The number of rotatable bonds is 44. The molecule has 1 fully saturated rings. The van der Waals surface area contributed by atoms with Crippen LogP contribution in [0.3, 0.4) is 0 Å². The van der Waals surface area contributed by atoms with Gasteiger partial charge in [0.1, 0.15) is 0 Å². The smallest absolute Gasteiger partial charge is 0.305 e. The summed E-state index contributed by atoms with van der Waals surface area (Å²) in [5.41, 5.74) is 0. The number of carbonyl (C=O) groups excluding carboxylic acids is 2. The zero-order chi connectivity index (χ0) is 42.0. The number of carbonyl (C=O) groups is 2. The second-order valence-corrected chi connectivity index (χ2v) is 18.0. The summed E-state index contributed by atoms with van der Waals surface area (Å²) in [7, 11) is 0. The lowest BCUT2D eigenvalue weighted by atomic mass is 9.93. The van der Waals surface area contributed by atoms with Crippen LogP contribution < -0.4 is 0 Å². The van der Waals surface area contributed by atoms with Crippen LogP contribution in [0.15, 0.2) is 0 Å². The molecule has 7 nitrogen and oxygen atoms in total. The molecule has 0 amide bonds. The zero-order valence-electron chi connectivity index (χ0n) is 39.3. The van der Waals surface area contributed by atoms with Crippen LogP contribution in [-0.4, -0.2) is 75.6 Å². The number of morpholine rings is 1. The zero-order valence-corrected chi connectivity index (χ0v) is 39.3. The highest BCUT2D eigenvalue weighted by atomic mass is 16.5. The lowest BCUT2D eigenvalue weighted by Gasteiger charge is -2.26. The van der Waals surface area contributed by atoms with Crippen molar-refractivity contribution >= 4 is 11.9 Å². The number of hydrogen-bond donors (Lipinski definition) is 0. The Balaban J connectivity index is 2.18. The van der Waals surface area contributed by atoms with Gasteiger partial charge in [0.15, 0.2) is 0 Å². The third-order valence-electron chi connectivity index (χ3n) is 12.6. The predicted octanol–water partition coefficient (Wildman–Crippen LogP) is 14.4. The quantitative estimate of drug-likeness (QED) is 0.0447. The van der Waals surface area contributed by atoms with Crippen molar-refractivity contribution in [3.63, 3.8) is 0 Å². The van der Waals surface area contributed by atoms with Crippen LogP contribution in [0.25, 0.3) is 0 Å². The lowest BCUT2D eigenvalue weighted by Crippen LogP contribution is -2.36. The molecule has 1 saturated heterocycles. The first-order chi connectivity index (χ1) is 28.5. The highest BCUT2D eigenvalue weighted by Gasteiger charge is 2.14. The van der Waals surface area contributed by atoms with Crippen molar-refractivity contribution in [1.29, 1.82) is 0 Å². The summed E-state index contributed by atoms with van der Waals surface area (Å²) in [6, 6.07) is 0. The minimum Gasteiger partial charge on any atom is -0.466 e. The first-order valence-corrected chi connectivity index (χ1v) is 25.7. The van der Waals surface area contributed by atoms with E-state index in [1.165, 1.54) is 161 Å². The maximum absolute atomic E-state index is 12.3. The Hall–Kier alpha value is -1.18. The monoisotopic (exact) mass is 822 g/mol. The van der Waals surface area contributed by atoms with Crippen molar-refractivity contribution in [2.24, 2.45) is 11.8 Å². The van der Waals surface area contributed by atoms with Crippen molar-refractivity contribution in [3.05, 3.63) is 0 Å². The average Bonchev–Trinajstić information content (AvgIpc) is 3.23. The summed E-state index contributed by atoms with van der Waals surface area (Å²) in [6.45, 7) is 16.2. The summed E-state index contributed by atoms with van der Waals surface area (Å²) < 4.78 is 23.2. The maximum Gasteiger partial charge on any atom is 0.305 e.